The van der Waals surface area contributed by atoms with E-state index in [2.05, 4.69) is 11.2 Å². The highest BCUT2D eigenvalue weighted by Gasteiger charge is 2.26. The van der Waals surface area contributed by atoms with Gasteiger partial charge in [0.2, 0.25) is 5.91 Å². The zero-order valence-corrected chi connectivity index (χ0v) is 14.0. The maximum Gasteiger partial charge on any atom is 0.410 e. The molecular formula is C17H28N2O3. The van der Waals surface area contributed by atoms with E-state index in [0.29, 0.717) is 38.4 Å². The molecule has 0 spiro atoms. The van der Waals surface area contributed by atoms with Crippen molar-refractivity contribution in [3.05, 3.63) is 0 Å². The second-order valence-corrected chi connectivity index (χ2v) is 6.77. The van der Waals surface area contributed by atoms with Crippen LogP contribution in [0.25, 0.3) is 0 Å². The lowest BCUT2D eigenvalue weighted by atomic mass is 9.97. The molecule has 0 saturated carbocycles. The number of nitrogens with zero attached hydrogens (tertiary/aromatic N) is 1. The summed E-state index contributed by atoms with van der Waals surface area (Å²) in [5.41, 5.74) is -0.458. The number of ether oxygens (including phenoxy) is 1. The zero-order valence-electron chi connectivity index (χ0n) is 14.0. The van der Waals surface area contributed by atoms with Crippen LogP contribution < -0.4 is 5.32 Å². The Kier molecular flexibility index (Phi) is 7.23. The number of carbonyl (C=O) groups excluding carboxylic acids is 2. The van der Waals surface area contributed by atoms with Crippen LogP contribution in [0.2, 0.25) is 0 Å². The number of amides is 2. The normalized spacial score (nSPS) is 16.0. The van der Waals surface area contributed by atoms with Crippen LogP contribution in [-0.4, -0.2) is 42.1 Å². The van der Waals surface area contributed by atoms with Gasteiger partial charge in [-0.15, -0.1) is 12.3 Å². The average Bonchev–Trinajstić information content (AvgIpc) is 2.44. The number of carbonyl (C=O) groups is 2. The van der Waals surface area contributed by atoms with Gasteiger partial charge in [-0.25, -0.2) is 4.79 Å². The van der Waals surface area contributed by atoms with Crippen LogP contribution in [0.1, 0.15) is 52.9 Å². The summed E-state index contributed by atoms with van der Waals surface area (Å²) in [6.07, 6.45) is 8.56. The van der Waals surface area contributed by atoms with Crippen LogP contribution in [0.4, 0.5) is 4.79 Å². The quantitative estimate of drug-likeness (QED) is 0.627. The van der Waals surface area contributed by atoms with Gasteiger partial charge >= 0.3 is 6.09 Å². The molecule has 5 nitrogen and oxygen atoms in total. The maximum atomic E-state index is 12.0. The van der Waals surface area contributed by atoms with Gasteiger partial charge in [-0.3, -0.25) is 4.79 Å². The molecule has 0 aromatic carbocycles. The van der Waals surface area contributed by atoms with Gasteiger partial charge in [0.05, 0.1) is 0 Å². The maximum absolute atomic E-state index is 12.0. The van der Waals surface area contributed by atoms with Crippen LogP contribution >= 0.6 is 0 Å². The molecule has 0 bridgehead atoms. The molecule has 1 heterocycles. The second-order valence-electron chi connectivity index (χ2n) is 6.77. The molecule has 1 saturated heterocycles. The first-order valence-corrected chi connectivity index (χ1v) is 8.00. The van der Waals surface area contributed by atoms with Crippen molar-refractivity contribution in [2.24, 2.45) is 5.92 Å². The molecule has 1 rings (SSSR count). The van der Waals surface area contributed by atoms with E-state index in [0.717, 1.165) is 19.3 Å². The average molecular weight is 308 g/mol. The van der Waals surface area contributed by atoms with E-state index in [9.17, 15) is 9.59 Å². The number of nitrogens with one attached hydrogen (secondary N) is 1. The van der Waals surface area contributed by atoms with Gasteiger partial charge in [-0.05, 0) is 46.0 Å². The Morgan fingerprint density at radius 1 is 1.32 bits per heavy atom. The van der Waals surface area contributed by atoms with Crippen LogP contribution in [0, 0.1) is 18.3 Å². The molecule has 0 atom stereocenters. The molecule has 1 N–H and O–H groups in total. The predicted molar refractivity (Wildman–Crippen MR) is 86.2 cm³/mol. The van der Waals surface area contributed by atoms with Crippen molar-refractivity contribution in [3.63, 3.8) is 0 Å². The van der Waals surface area contributed by atoms with E-state index in [1.165, 1.54) is 0 Å². The molecule has 22 heavy (non-hydrogen) atoms. The summed E-state index contributed by atoms with van der Waals surface area (Å²) < 4.78 is 5.37. The van der Waals surface area contributed by atoms with Gasteiger partial charge in [0.15, 0.2) is 0 Å². The molecule has 124 valence electrons. The molecule has 0 unspecified atom stereocenters. The van der Waals surface area contributed by atoms with Gasteiger partial charge in [-0.1, -0.05) is 0 Å². The third-order valence-electron chi connectivity index (χ3n) is 3.58. The molecule has 0 radical (unpaired) electrons. The van der Waals surface area contributed by atoms with Crippen LogP contribution in [0.3, 0.4) is 0 Å². The predicted octanol–water partition coefficient (Wildman–Crippen LogP) is 2.55. The van der Waals surface area contributed by atoms with E-state index in [1.807, 2.05) is 20.8 Å². The fourth-order valence-electron chi connectivity index (χ4n) is 2.34. The van der Waals surface area contributed by atoms with E-state index in [4.69, 9.17) is 11.2 Å². The topological polar surface area (TPSA) is 58.6 Å². The highest BCUT2D eigenvalue weighted by atomic mass is 16.6. The van der Waals surface area contributed by atoms with Crippen molar-refractivity contribution < 1.29 is 14.3 Å². The number of piperidine rings is 1. The lowest BCUT2D eigenvalue weighted by Crippen LogP contribution is -2.43. The largest absolute Gasteiger partial charge is 0.444 e. The summed E-state index contributed by atoms with van der Waals surface area (Å²) in [6.45, 7) is 7.66. The van der Waals surface area contributed by atoms with Crippen LogP contribution in [-0.2, 0) is 9.53 Å². The summed E-state index contributed by atoms with van der Waals surface area (Å²) in [7, 11) is 0. The Morgan fingerprint density at radius 2 is 1.95 bits per heavy atom. The van der Waals surface area contributed by atoms with Crippen LogP contribution in [0.5, 0.6) is 0 Å². The summed E-state index contributed by atoms with van der Waals surface area (Å²) in [4.78, 5) is 25.3. The number of hydrogen-bond donors (Lipinski definition) is 1. The van der Waals surface area contributed by atoms with Gasteiger partial charge in [0, 0.05) is 32.5 Å². The fraction of sp³-hybridized carbons (Fsp3) is 0.765. The van der Waals surface area contributed by atoms with Gasteiger partial charge in [0.1, 0.15) is 5.60 Å². The number of unbranched alkanes of at least 4 members (excludes halogenated alkanes) is 1. The third-order valence-corrected chi connectivity index (χ3v) is 3.58. The van der Waals surface area contributed by atoms with Crippen molar-refractivity contribution in [1.29, 1.82) is 0 Å². The lowest BCUT2D eigenvalue weighted by Gasteiger charge is -2.33. The number of hydrogen-bond acceptors (Lipinski definition) is 3. The monoisotopic (exact) mass is 308 g/mol. The number of rotatable bonds is 5. The highest BCUT2D eigenvalue weighted by molar-refractivity contribution is 5.75. The molecule has 0 aromatic heterocycles. The summed E-state index contributed by atoms with van der Waals surface area (Å²) in [6, 6.07) is 0. The standard InChI is InChI=1S/C17H28N2O3/c1-5-6-7-8-15(20)18-13-14-9-11-19(12-10-14)16(21)22-17(2,3)4/h1,14H,6-13H2,2-4H3,(H,18,20). The first-order valence-electron chi connectivity index (χ1n) is 8.00. The molecule has 1 aliphatic rings. The van der Waals surface area contributed by atoms with Crippen molar-refractivity contribution >= 4 is 12.0 Å². The molecule has 2 amide bonds. The van der Waals surface area contributed by atoms with Crippen molar-refractivity contribution in [1.82, 2.24) is 10.2 Å². The smallest absolute Gasteiger partial charge is 0.410 e. The SMILES string of the molecule is C#CCCCC(=O)NCC1CCN(C(=O)OC(C)(C)C)CC1. The van der Waals surface area contributed by atoms with Gasteiger partial charge < -0.3 is 15.0 Å². The van der Waals surface area contributed by atoms with Crippen LogP contribution in [0.15, 0.2) is 0 Å². The molecule has 0 aromatic rings. The van der Waals surface area contributed by atoms with E-state index < -0.39 is 5.60 Å². The summed E-state index contributed by atoms with van der Waals surface area (Å²) in [5, 5.41) is 2.95. The first-order chi connectivity index (χ1) is 10.3. The molecule has 1 fully saturated rings. The van der Waals surface area contributed by atoms with Crippen molar-refractivity contribution in [2.75, 3.05) is 19.6 Å². The zero-order chi connectivity index (χ0) is 16.6. The van der Waals surface area contributed by atoms with E-state index in [-0.39, 0.29) is 12.0 Å². The Hall–Kier alpha value is -1.70. The van der Waals surface area contributed by atoms with E-state index in [1.54, 1.807) is 4.90 Å². The Balaban J connectivity index is 2.21. The number of likely N-dealkylation sites (tertiary alicyclic amines) is 1. The molecule has 1 aliphatic heterocycles. The molecular weight excluding hydrogens is 280 g/mol. The number of terminal acetylenes is 1. The van der Waals surface area contributed by atoms with Crippen molar-refractivity contribution in [2.45, 2.75) is 58.5 Å². The summed E-state index contributed by atoms with van der Waals surface area (Å²) >= 11 is 0. The second kappa shape index (κ2) is 8.67. The molecule has 0 aliphatic carbocycles. The first kappa shape index (κ1) is 18.3. The Bertz CT molecular complexity index is 413. The van der Waals surface area contributed by atoms with Gasteiger partial charge in [0.25, 0.3) is 0 Å². The minimum absolute atomic E-state index is 0.0600. The lowest BCUT2D eigenvalue weighted by molar-refractivity contribution is -0.121. The minimum Gasteiger partial charge on any atom is -0.444 e. The van der Waals surface area contributed by atoms with Crippen molar-refractivity contribution in [3.8, 4) is 12.3 Å². The summed E-state index contributed by atoms with van der Waals surface area (Å²) in [5.74, 6) is 3.02. The highest BCUT2D eigenvalue weighted by Crippen LogP contribution is 2.19. The Labute approximate surface area is 133 Å². The fourth-order valence-corrected chi connectivity index (χ4v) is 2.34. The van der Waals surface area contributed by atoms with E-state index >= 15 is 0 Å². The third kappa shape index (κ3) is 7.35. The minimum atomic E-state index is -0.458. The molecule has 5 heteroatoms. The van der Waals surface area contributed by atoms with Gasteiger partial charge in [-0.2, -0.15) is 0 Å². The Morgan fingerprint density at radius 3 is 2.50 bits per heavy atom.